The number of hydrogen-bond acceptors (Lipinski definition) is 1. The molecule has 0 unspecified atom stereocenters. The molecule has 0 aliphatic carbocycles. The van der Waals surface area contributed by atoms with E-state index in [9.17, 15) is 0 Å². The normalized spacial score (nSPS) is 10.5. The first-order valence-corrected chi connectivity index (χ1v) is 6.17. The third kappa shape index (κ3) is 6.18. The van der Waals surface area contributed by atoms with Gasteiger partial charge in [0.1, 0.15) is 0 Å². The summed E-state index contributed by atoms with van der Waals surface area (Å²) in [5, 5.41) is 0. The van der Waals surface area contributed by atoms with Crippen LogP contribution >= 0.6 is 0 Å². The van der Waals surface area contributed by atoms with Crippen LogP contribution in [0.5, 0.6) is 0 Å². The zero-order valence-electron chi connectivity index (χ0n) is 6.11. The number of hydrogen-bond donors (Lipinski definition) is 0. The molecular formula is C6H16OSi. The van der Waals surface area contributed by atoms with Crippen LogP contribution in [0, 0.1) is 0 Å². The molecule has 0 atom stereocenters. The minimum Gasteiger partial charge on any atom is -0.421 e. The Morgan fingerprint density at radius 2 is 2.00 bits per heavy atom. The van der Waals surface area contributed by atoms with Crippen LogP contribution in [0.1, 0.15) is 19.8 Å². The topological polar surface area (TPSA) is 9.23 Å². The van der Waals surface area contributed by atoms with Gasteiger partial charge in [-0.3, -0.25) is 0 Å². The van der Waals surface area contributed by atoms with E-state index >= 15 is 0 Å². The molecule has 1 nitrogen and oxygen atoms in total. The van der Waals surface area contributed by atoms with Gasteiger partial charge in [0, 0.05) is 6.61 Å². The lowest BCUT2D eigenvalue weighted by Crippen LogP contribution is -2.07. The number of unbranched alkanes of at least 4 members (excludes halogenated alkanes) is 1. The second kappa shape index (κ2) is 5.32. The molecule has 0 radical (unpaired) electrons. The average molecular weight is 132 g/mol. The van der Waals surface area contributed by atoms with Gasteiger partial charge in [-0.1, -0.05) is 13.3 Å². The van der Waals surface area contributed by atoms with Crippen molar-refractivity contribution in [2.24, 2.45) is 0 Å². The summed E-state index contributed by atoms with van der Waals surface area (Å²) in [5.74, 6) is 0. The summed E-state index contributed by atoms with van der Waals surface area (Å²) in [6.07, 6.45) is 2.48. The van der Waals surface area contributed by atoms with Gasteiger partial charge >= 0.3 is 0 Å². The van der Waals surface area contributed by atoms with Crippen LogP contribution in [-0.4, -0.2) is 15.6 Å². The van der Waals surface area contributed by atoms with Crippen LogP contribution in [0.25, 0.3) is 0 Å². The molecule has 0 fully saturated rings. The third-order valence-corrected chi connectivity index (χ3v) is 1.85. The standard InChI is InChI=1S/C6H16OSi/c1-4-5-6-7-8(2)3/h8H,4-6H2,1-3H3. The van der Waals surface area contributed by atoms with Gasteiger partial charge in [-0.2, -0.15) is 0 Å². The van der Waals surface area contributed by atoms with Crippen molar-refractivity contribution in [3.05, 3.63) is 0 Å². The molecule has 50 valence electrons. The Hall–Kier alpha value is 0.177. The second-order valence-corrected chi connectivity index (χ2v) is 4.70. The Bertz CT molecular complexity index is 45.8. The maximum Gasteiger partial charge on any atom is 0.170 e. The van der Waals surface area contributed by atoms with E-state index in [1.165, 1.54) is 12.8 Å². The Morgan fingerprint density at radius 3 is 2.38 bits per heavy atom. The summed E-state index contributed by atoms with van der Waals surface area (Å²) in [5.41, 5.74) is 0. The smallest absolute Gasteiger partial charge is 0.170 e. The molecule has 2 heteroatoms. The highest BCUT2D eigenvalue weighted by molar-refractivity contribution is 6.48. The molecule has 0 N–H and O–H groups in total. The molecule has 0 aliphatic rings. The van der Waals surface area contributed by atoms with Crippen molar-refractivity contribution >= 4 is 9.04 Å². The summed E-state index contributed by atoms with van der Waals surface area (Å²) in [6.45, 7) is 7.58. The molecule has 0 bridgehead atoms. The minimum atomic E-state index is -0.702. The van der Waals surface area contributed by atoms with Crippen LogP contribution in [0.15, 0.2) is 0 Å². The maximum absolute atomic E-state index is 5.42. The lowest BCUT2D eigenvalue weighted by atomic mass is 10.4. The van der Waals surface area contributed by atoms with Gasteiger partial charge in [0.15, 0.2) is 9.04 Å². The van der Waals surface area contributed by atoms with E-state index < -0.39 is 9.04 Å². The predicted octanol–water partition coefficient (Wildman–Crippen LogP) is 1.79. The van der Waals surface area contributed by atoms with E-state index in [0.717, 1.165) is 6.61 Å². The molecule has 8 heavy (non-hydrogen) atoms. The molecule has 0 aromatic rings. The number of rotatable bonds is 4. The zero-order chi connectivity index (χ0) is 6.41. The third-order valence-electron chi connectivity index (χ3n) is 0.949. The minimum absolute atomic E-state index is 0.702. The molecule has 0 aliphatic heterocycles. The van der Waals surface area contributed by atoms with Crippen molar-refractivity contribution in [2.75, 3.05) is 6.61 Å². The first-order chi connectivity index (χ1) is 3.77. The quantitative estimate of drug-likeness (QED) is 0.418. The van der Waals surface area contributed by atoms with Gasteiger partial charge in [0.2, 0.25) is 0 Å². The van der Waals surface area contributed by atoms with Crippen molar-refractivity contribution in [1.29, 1.82) is 0 Å². The fraction of sp³-hybridized carbons (Fsp3) is 1.00. The molecule has 0 rings (SSSR count). The van der Waals surface area contributed by atoms with Crippen molar-refractivity contribution in [3.63, 3.8) is 0 Å². The highest BCUT2D eigenvalue weighted by atomic mass is 28.3. The van der Waals surface area contributed by atoms with Gasteiger partial charge in [0.25, 0.3) is 0 Å². The van der Waals surface area contributed by atoms with Gasteiger partial charge in [-0.05, 0) is 19.5 Å². The van der Waals surface area contributed by atoms with Gasteiger partial charge in [0.05, 0.1) is 0 Å². The van der Waals surface area contributed by atoms with Crippen molar-refractivity contribution in [1.82, 2.24) is 0 Å². The molecule has 0 saturated carbocycles. The Morgan fingerprint density at radius 1 is 1.38 bits per heavy atom. The highest BCUT2D eigenvalue weighted by Gasteiger charge is 1.91. The fourth-order valence-electron chi connectivity index (χ4n) is 0.463. The fourth-order valence-corrected chi connectivity index (χ4v) is 1.10. The van der Waals surface area contributed by atoms with Crippen molar-refractivity contribution < 1.29 is 4.43 Å². The van der Waals surface area contributed by atoms with E-state index in [1.54, 1.807) is 0 Å². The largest absolute Gasteiger partial charge is 0.421 e. The molecule has 0 spiro atoms. The molecular weight excluding hydrogens is 116 g/mol. The SMILES string of the molecule is CCCCO[SiH](C)C. The van der Waals surface area contributed by atoms with Gasteiger partial charge < -0.3 is 4.43 Å². The highest BCUT2D eigenvalue weighted by Crippen LogP contribution is 1.89. The predicted molar refractivity (Wildman–Crippen MR) is 39.7 cm³/mol. The summed E-state index contributed by atoms with van der Waals surface area (Å²) in [4.78, 5) is 0. The maximum atomic E-state index is 5.42. The van der Waals surface area contributed by atoms with Crippen LogP contribution in [-0.2, 0) is 4.43 Å². The second-order valence-electron chi connectivity index (χ2n) is 2.27. The van der Waals surface area contributed by atoms with Crippen LogP contribution in [0.2, 0.25) is 13.1 Å². The monoisotopic (exact) mass is 132 g/mol. The van der Waals surface area contributed by atoms with Crippen molar-refractivity contribution in [2.45, 2.75) is 32.9 Å². The van der Waals surface area contributed by atoms with Crippen LogP contribution in [0.3, 0.4) is 0 Å². The summed E-state index contributed by atoms with van der Waals surface area (Å²) in [7, 11) is -0.702. The molecule has 0 aromatic heterocycles. The van der Waals surface area contributed by atoms with Gasteiger partial charge in [-0.25, -0.2) is 0 Å². The van der Waals surface area contributed by atoms with E-state index in [-0.39, 0.29) is 0 Å². The Labute approximate surface area is 53.8 Å². The first kappa shape index (κ1) is 8.18. The lowest BCUT2D eigenvalue weighted by Gasteiger charge is -2.03. The first-order valence-electron chi connectivity index (χ1n) is 3.39. The van der Waals surface area contributed by atoms with E-state index in [2.05, 4.69) is 20.0 Å². The van der Waals surface area contributed by atoms with E-state index in [1.807, 2.05) is 0 Å². The average Bonchev–Trinajstić information content (AvgIpc) is 1.66. The lowest BCUT2D eigenvalue weighted by molar-refractivity contribution is 0.317. The van der Waals surface area contributed by atoms with E-state index in [0.29, 0.717) is 0 Å². The van der Waals surface area contributed by atoms with Crippen molar-refractivity contribution in [3.8, 4) is 0 Å². The Kier molecular flexibility index (Phi) is 5.43. The molecule has 0 aromatic carbocycles. The summed E-state index contributed by atoms with van der Waals surface area (Å²) < 4.78 is 5.42. The van der Waals surface area contributed by atoms with Gasteiger partial charge in [-0.15, -0.1) is 0 Å². The molecule has 0 amide bonds. The van der Waals surface area contributed by atoms with Crippen LogP contribution < -0.4 is 0 Å². The van der Waals surface area contributed by atoms with Crippen LogP contribution in [0.4, 0.5) is 0 Å². The molecule has 0 heterocycles. The summed E-state index contributed by atoms with van der Waals surface area (Å²) >= 11 is 0. The Balaban J connectivity index is 2.72. The molecule has 0 saturated heterocycles. The summed E-state index contributed by atoms with van der Waals surface area (Å²) in [6, 6.07) is 0. The zero-order valence-corrected chi connectivity index (χ0v) is 7.26. The van der Waals surface area contributed by atoms with E-state index in [4.69, 9.17) is 4.43 Å².